The van der Waals surface area contributed by atoms with Crippen molar-refractivity contribution in [2.45, 2.75) is 12.5 Å². The lowest BCUT2D eigenvalue weighted by molar-refractivity contribution is 0.182. The summed E-state index contributed by atoms with van der Waals surface area (Å²) in [6.07, 6.45) is -0.939. The Bertz CT molecular complexity index is 400. The molecular formula is C10H10BrNO3. The van der Waals surface area contributed by atoms with Crippen molar-refractivity contribution in [3.05, 3.63) is 22.2 Å². The average molecular weight is 272 g/mol. The van der Waals surface area contributed by atoms with Crippen LogP contribution in [0.4, 0.5) is 0 Å². The highest BCUT2D eigenvalue weighted by Crippen LogP contribution is 2.35. The van der Waals surface area contributed by atoms with Crippen molar-refractivity contribution in [1.29, 1.82) is 5.26 Å². The summed E-state index contributed by atoms with van der Waals surface area (Å²) in [5, 5.41) is 27.5. The first-order valence-corrected chi connectivity index (χ1v) is 5.00. The van der Waals surface area contributed by atoms with Crippen molar-refractivity contribution in [3.8, 4) is 17.6 Å². The first kappa shape index (κ1) is 11.8. The molecule has 0 aromatic heterocycles. The van der Waals surface area contributed by atoms with Crippen molar-refractivity contribution in [2.24, 2.45) is 0 Å². The minimum atomic E-state index is -0.916. The molecule has 0 heterocycles. The summed E-state index contributed by atoms with van der Waals surface area (Å²) in [6.45, 7) is 0. The van der Waals surface area contributed by atoms with Gasteiger partial charge in [0.25, 0.3) is 0 Å². The number of nitrogens with zero attached hydrogens (tertiary/aromatic N) is 1. The van der Waals surface area contributed by atoms with Crippen LogP contribution in [0.3, 0.4) is 0 Å². The van der Waals surface area contributed by atoms with Crippen LogP contribution in [0.5, 0.6) is 11.5 Å². The van der Waals surface area contributed by atoms with Gasteiger partial charge in [0.15, 0.2) is 11.5 Å². The molecule has 0 saturated heterocycles. The quantitative estimate of drug-likeness (QED) is 0.883. The summed E-state index contributed by atoms with van der Waals surface area (Å²) in [4.78, 5) is 0. The van der Waals surface area contributed by atoms with E-state index in [1.165, 1.54) is 13.2 Å². The van der Waals surface area contributed by atoms with Crippen LogP contribution in [-0.2, 0) is 0 Å². The van der Waals surface area contributed by atoms with Crippen molar-refractivity contribution in [3.63, 3.8) is 0 Å². The fourth-order valence-electron chi connectivity index (χ4n) is 1.18. The molecule has 1 rings (SSSR count). The number of phenolic OH excluding ortho intramolecular Hbond substituents is 1. The van der Waals surface area contributed by atoms with Crippen LogP contribution in [0.25, 0.3) is 0 Å². The van der Waals surface area contributed by atoms with Gasteiger partial charge in [-0.05, 0) is 17.7 Å². The first-order chi connectivity index (χ1) is 7.10. The second-order valence-corrected chi connectivity index (χ2v) is 3.78. The second-order valence-electron chi connectivity index (χ2n) is 2.92. The molecule has 4 nitrogen and oxygen atoms in total. The van der Waals surface area contributed by atoms with Gasteiger partial charge in [-0.25, -0.2) is 0 Å². The highest BCUT2D eigenvalue weighted by molar-refractivity contribution is 9.10. The zero-order valence-corrected chi connectivity index (χ0v) is 9.65. The lowest BCUT2D eigenvalue weighted by Gasteiger charge is -2.12. The Balaban J connectivity index is 3.11. The van der Waals surface area contributed by atoms with E-state index in [1.807, 2.05) is 6.07 Å². The molecule has 0 aliphatic heterocycles. The Kier molecular flexibility index (Phi) is 3.95. The minimum absolute atomic E-state index is 0.0234. The number of aliphatic hydroxyl groups is 1. The molecule has 5 heteroatoms. The Labute approximate surface area is 95.9 Å². The Morgan fingerprint density at radius 2 is 2.27 bits per heavy atom. The molecule has 0 spiro atoms. The summed E-state index contributed by atoms with van der Waals surface area (Å²) in [5.74, 6) is 0.252. The molecule has 15 heavy (non-hydrogen) atoms. The van der Waals surface area contributed by atoms with Gasteiger partial charge in [0.05, 0.1) is 25.7 Å². The zero-order chi connectivity index (χ0) is 11.4. The van der Waals surface area contributed by atoms with Gasteiger partial charge in [-0.3, -0.25) is 0 Å². The highest BCUT2D eigenvalue weighted by atomic mass is 79.9. The van der Waals surface area contributed by atoms with Crippen LogP contribution in [0.2, 0.25) is 0 Å². The van der Waals surface area contributed by atoms with Gasteiger partial charge >= 0.3 is 0 Å². The van der Waals surface area contributed by atoms with Crippen molar-refractivity contribution >= 4 is 15.9 Å². The van der Waals surface area contributed by atoms with E-state index >= 15 is 0 Å². The van der Waals surface area contributed by atoms with E-state index in [1.54, 1.807) is 6.07 Å². The number of halogens is 1. The maximum Gasteiger partial charge on any atom is 0.161 e. The summed E-state index contributed by atoms with van der Waals surface area (Å²) >= 11 is 3.23. The summed E-state index contributed by atoms with van der Waals surface area (Å²) in [7, 11) is 1.44. The second kappa shape index (κ2) is 5.01. The molecule has 0 amide bonds. The van der Waals surface area contributed by atoms with E-state index in [9.17, 15) is 10.2 Å². The number of phenols is 1. The molecular weight excluding hydrogens is 262 g/mol. The van der Waals surface area contributed by atoms with Gasteiger partial charge in [0, 0.05) is 4.47 Å². The Morgan fingerprint density at radius 3 is 2.80 bits per heavy atom. The molecule has 0 fully saturated rings. The molecule has 0 aliphatic carbocycles. The molecule has 0 radical (unpaired) electrons. The van der Waals surface area contributed by atoms with Crippen LogP contribution in [0.1, 0.15) is 18.1 Å². The molecule has 2 N–H and O–H groups in total. The number of methoxy groups -OCH3 is 1. The number of aromatic hydroxyl groups is 1. The van der Waals surface area contributed by atoms with E-state index in [0.717, 1.165) is 0 Å². The number of nitriles is 1. The van der Waals surface area contributed by atoms with Crippen LogP contribution in [0, 0.1) is 11.3 Å². The van der Waals surface area contributed by atoms with Crippen molar-refractivity contribution < 1.29 is 14.9 Å². The topological polar surface area (TPSA) is 73.5 Å². The van der Waals surface area contributed by atoms with Gasteiger partial charge < -0.3 is 14.9 Å². The van der Waals surface area contributed by atoms with Gasteiger partial charge in [-0.1, -0.05) is 15.9 Å². The number of ether oxygens (including phenoxy) is 1. The van der Waals surface area contributed by atoms with Crippen molar-refractivity contribution in [1.82, 2.24) is 0 Å². The maximum atomic E-state index is 9.58. The molecule has 1 aromatic carbocycles. The minimum Gasteiger partial charge on any atom is -0.504 e. The average Bonchev–Trinajstić information content (AvgIpc) is 2.21. The number of benzene rings is 1. The van der Waals surface area contributed by atoms with E-state index in [4.69, 9.17) is 10.00 Å². The molecule has 1 aromatic rings. The third-order valence-electron chi connectivity index (χ3n) is 1.94. The van der Waals surface area contributed by atoms with Crippen LogP contribution in [0.15, 0.2) is 16.6 Å². The van der Waals surface area contributed by atoms with Crippen LogP contribution >= 0.6 is 15.9 Å². The predicted molar refractivity (Wildman–Crippen MR) is 57.5 cm³/mol. The summed E-state index contributed by atoms with van der Waals surface area (Å²) < 4.78 is 5.49. The number of hydrogen-bond donors (Lipinski definition) is 2. The first-order valence-electron chi connectivity index (χ1n) is 4.21. The van der Waals surface area contributed by atoms with E-state index in [-0.39, 0.29) is 12.2 Å². The Morgan fingerprint density at radius 1 is 1.60 bits per heavy atom. The molecule has 0 aliphatic rings. The predicted octanol–water partition coefficient (Wildman–Crippen LogP) is 2.11. The van der Waals surface area contributed by atoms with E-state index in [0.29, 0.717) is 15.8 Å². The number of hydrogen-bond acceptors (Lipinski definition) is 4. The third-order valence-corrected chi connectivity index (χ3v) is 2.63. The van der Waals surface area contributed by atoms with Gasteiger partial charge in [-0.2, -0.15) is 5.26 Å². The van der Waals surface area contributed by atoms with Gasteiger partial charge in [0.2, 0.25) is 0 Å². The number of rotatable bonds is 3. The molecule has 1 unspecified atom stereocenters. The third kappa shape index (κ3) is 2.61. The van der Waals surface area contributed by atoms with E-state index in [2.05, 4.69) is 15.9 Å². The normalized spacial score (nSPS) is 11.9. The molecule has 0 bridgehead atoms. The smallest absolute Gasteiger partial charge is 0.161 e. The monoisotopic (exact) mass is 271 g/mol. The molecule has 1 atom stereocenters. The SMILES string of the molecule is COc1cc(Br)c(C(O)CC#N)cc1O. The van der Waals surface area contributed by atoms with E-state index < -0.39 is 6.10 Å². The van der Waals surface area contributed by atoms with Crippen LogP contribution in [-0.4, -0.2) is 17.3 Å². The van der Waals surface area contributed by atoms with Crippen LogP contribution < -0.4 is 4.74 Å². The van der Waals surface area contributed by atoms with Gasteiger partial charge in [-0.15, -0.1) is 0 Å². The molecule has 0 saturated carbocycles. The van der Waals surface area contributed by atoms with Crippen molar-refractivity contribution in [2.75, 3.05) is 7.11 Å². The number of aliphatic hydroxyl groups excluding tert-OH is 1. The largest absolute Gasteiger partial charge is 0.504 e. The fraction of sp³-hybridized carbons (Fsp3) is 0.300. The van der Waals surface area contributed by atoms with Gasteiger partial charge in [0.1, 0.15) is 0 Å². The molecule has 80 valence electrons. The fourth-order valence-corrected chi connectivity index (χ4v) is 1.76. The summed E-state index contributed by atoms with van der Waals surface area (Å²) in [6, 6.07) is 4.78. The summed E-state index contributed by atoms with van der Waals surface area (Å²) in [5.41, 5.74) is 0.467. The highest BCUT2D eigenvalue weighted by Gasteiger charge is 2.14. The standard InChI is InChI=1S/C10H10BrNO3/c1-15-10-5-7(11)6(4-9(10)14)8(13)2-3-12/h4-5,8,13-14H,2H2,1H3. The lowest BCUT2D eigenvalue weighted by Crippen LogP contribution is -1.98. The zero-order valence-electron chi connectivity index (χ0n) is 8.07. The Hall–Kier alpha value is -1.25. The maximum absolute atomic E-state index is 9.58. The lowest BCUT2D eigenvalue weighted by atomic mass is 10.1.